The van der Waals surface area contributed by atoms with E-state index in [2.05, 4.69) is 5.32 Å². The number of carbonyl (C=O) groups excluding carboxylic acids is 1. The van der Waals surface area contributed by atoms with Crippen molar-refractivity contribution in [2.24, 2.45) is 5.73 Å². The zero-order chi connectivity index (χ0) is 14.2. The lowest BCUT2D eigenvalue weighted by Gasteiger charge is -2.32. The number of alkyl halides is 1. The zero-order valence-electron chi connectivity index (χ0n) is 9.92. The van der Waals surface area contributed by atoms with Crippen LogP contribution in [0.15, 0.2) is 12.0 Å². The number of hydrogen-bond donors (Lipinski definition) is 4. The monoisotopic (exact) mass is 279 g/mol. The summed E-state index contributed by atoms with van der Waals surface area (Å²) >= 11 is 0. The van der Waals surface area contributed by atoms with Crippen molar-refractivity contribution in [1.82, 2.24) is 10.2 Å². The highest BCUT2D eigenvalue weighted by Gasteiger charge is 2.51. The first-order valence-electron chi connectivity index (χ1n) is 5.68. The molecule has 0 aromatic rings. The van der Waals surface area contributed by atoms with E-state index >= 15 is 0 Å². The van der Waals surface area contributed by atoms with E-state index < -0.39 is 49.2 Å². The quantitative estimate of drug-likeness (QED) is 0.525. The second kappa shape index (κ2) is 5.00. The number of rotatable bonds is 3. The van der Waals surface area contributed by atoms with Crippen LogP contribution in [0.25, 0.3) is 0 Å². The molecule has 7 nitrogen and oxygen atoms in total. The summed E-state index contributed by atoms with van der Waals surface area (Å²) in [6.07, 6.45) is -2.91. The third kappa shape index (κ3) is 2.29. The largest absolute Gasteiger partial charge is 0.393 e. The maximum atomic E-state index is 13.3. The zero-order valence-corrected chi connectivity index (χ0v) is 9.92. The first-order chi connectivity index (χ1) is 8.93. The molecule has 1 saturated heterocycles. The minimum absolute atomic E-state index is 0.142. The van der Waals surface area contributed by atoms with Gasteiger partial charge in [0.25, 0.3) is 0 Å². The van der Waals surface area contributed by atoms with E-state index in [0.29, 0.717) is 0 Å². The molecular formula is C10H15F2N3O4. The van der Waals surface area contributed by atoms with Crippen LogP contribution >= 0.6 is 0 Å². The van der Waals surface area contributed by atoms with Crippen molar-refractivity contribution in [1.29, 1.82) is 0 Å². The molecule has 108 valence electrons. The number of aliphatic hydroxyl groups excluding tert-OH is 2. The first kappa shape index (κ1) is 14.1. The Hall–Kier alpha value is -1.29. The van der Waals surface area contributed by atoms with E-state index in [1.54, 1.807) is 0 Å². The van der Waals surface area contributed by atoms with Crippen molar-refractivity contribution < 1.29 is 28.5 Å². The first-order valence-corrected chi connectivity index (χ1v) is 5.68. The van der Waals surface area contributed by atoms with Gasteiger partial charge in [0.2, 0.25) is 0 Å². The highest BCUT2D eigenvalue weighted by atomic mass is 19.1. The second-order valence-electron chi connectivity index (χ2n) is 4.53. The Labute approximate surface area is 107 Å². The van der Waals surface area contributed by atoms with Gasteiger partial charge >= 0.3 is 6.03 Å². The van der Waals surface area contributed by atoms with E-state index in [1.165, 1.54) is 0 Å². The molecule has 0 aromatic heterocycles. The van der Waals surface area contributed by atoms with Gasteiger partial charge in [-0.3, -0.25) is 4.90 Å². The normalized spacial score (nSPS) is 39.2. The third-order valence-electron chi connectivity index (χ3n) is 3.28. The smallest absolute Gasteiger partial charge is 0.325 e. The molecule has 0 bridgehead atoms. The van der Waals surface area contributed by atoms with Crippen LogP contribution < -0.4 is 11.1 Å². The molecule has 1 unspecified atom stereocenters. The Morgan fingerprint density at radius 3 is 2.89 bits per heavy atom. The molecule has 19 heavy (non-hydrogen) atoms. The lowest BCUT2D eigenvalue weighted by molar-refractivity contribution is -0.140. The van der Waals surface area contributed by atoms with Crippen LogP contribution in [0.2, 0.25) is 0 Å². The average Bonchev–Trinajstić information content (AvgIpc) is 2.71. The Morgan fingerprint density at radius 2 is 2.37 bits per heavy atom. The number of carbonyl (C=O) groups is 1. The van der Waals surface area contributed by atoms with Crippen LogP contribution in [0.5, 0.6) is 0 Å². The van der Waals surface area contributed by atoms with Crippen molar-refractivity contribution in [2.45, 2.75) is 30.5 Å². The summed E-state index contributed by atoms with van der Waals surface area (Å²) in [6.45, 7) is -1.87. The Kier molecular flexibility index (Phi) is 3.72. The summed E-state index contributed by atoms with van der Waals surface area (Å²) in [7, 11) is 0. The van der Waals surface area contributed by atoms with Gasteiger partial charge < -0.3 is 26.0 Å². The van der Waals surface area contributed by atoms with Gasteiger partial charge in [0.05, 0.1) is 12.7 Å². The van der Waals surface area contributed by atoms with E-state index in [9.17, 15) is 18.7 Å². The summed E-state index contributed by atoms with van der Waals surface area (Å²) in [4.78, 5) is 12.5. The van der Waals surface area contributed by atoms with Crippen LogP contribution in [0, 0.1) is 0 Å². The fourth-order valence-corrected chi connectivity index (χ4v) is 2.04. The summed E-state index contributed by atoms with van der Waals surface area (Å²) in [6, 6.07) is -0.723. The van der Waals surface area contributed by atoms with Gasteiger partial charge in [0, 0.05) is 12.6 Å². The number of halogens is 2. The molecule has 2 amide bonds. The molecule has 0 aromatic carbocycles. The number of aliphatic hydroxyl groups is 2. The van der Waals surface area contributed by atoms with Gasteiger partial charge in [-0.1, -0.05) is 0 Å². The highest BCUT2D eigenvalue weighted by Crippen LogP contribution is 2.34. The SMILES string of the molecule is NC1NC(=O)N([C@H]2C[C@H](O)[C@](CO)(CF)O2)C=C1F. The van der Waals surface area contributed by atoms with Crippen molar-refractivity contribution in [3.63, 3.8) is 0 Å². The molecule has 1 fully saturated rings. The molecule has 0 spiro atoms. The van der Waals surface area contributed by atoms with Crippen molar-refractivity contribution >= 4 is 6.03 Å². The molecular weight excluding hydrogens is 264 g/mol. The van der Waals surface area contributed by atoms with Gasteiger partial charge in [-0.05, 0) is 0 Å². The van der Waals surface area contributed by atoms with E-state index in [-0.39, 0.29) is 6.42 Å². The average molecular weight is 279 g/mol. The summed E-state index contributed by atoms with van der Waals surface area (Å²) in [5, 5.41) is 21.0. The molecule has 0 saturated carbocycles. The fraction of sp³-hybridized carbons (Fsp3) is 0.700. The van der Waals surface area contributed by atoms with E-state index in [0.717, 1.165) is 11.1 Å². The molecule has 0 radical (unpaired) electrons. The van der Waals surface area contributed by atoms with Crippen molar-refractivity contribution in [3.8, 4) is 0 Å². The predicted octanol–water partition coefficient (Wildman–Crippen LogP) is -1.08. The van der Waals surface area contributed by atoms with Crippen molar-refractivity contribution in [2.75, 3.05) is 13.3 Å². The predicted molar refractivity (Wildman–Crippen MR) is 58.8 cm³/mol. The molecule has 2 aliphatic rings. The lowest BCUT2D eigenvalue weighted by atomic mass is 9.99. The molecule has 5 N–H and O–H groups in total. The van der Waals surface area contributed by atoms with Gasteiger partial charge in [-0.2, -0.15) is 0 Å². The lowest BCUT2D eigenvalue weighted by Crippen LogP contribution is -2.54. The van der Waals surface area contributed by atoms with Gasteiger partial charge in [-0.25, -0.2) is 13.6 Å². The van der Waals surface area contributed by atoms with Crippen LogP contribution in [-0.4, -0.2) is 58.5 Å². The molecule has 9 heteroatoms. The van der Waals surface area contributed by atoms with Crippen LogP contribution in [0.1, 0.15) is 6.42 Å². The minimum Gasteiger partial charge on any atom is -0.393 e. The Balaban J connectivity index is 2.18. The van der Waals surface area contributed by atoms with Gasteiger partial charge in [0.15, 0.2) is 5.83 Å². The number of hydrogen-bond acceptors (Lipinski definition) is 5. The topological polar surface area (TPSA) is 108 Å². The minimum atomic E-state index is -1.78. The molecule has 4 atom stereocenters. The number of urea groups is 1. The fourth-order valence-electron chi connectivity index (χ4n) is 2.04. The van der Waals surface area contributed by atoms with Gasteiger partial charge in [0.1, 0.15) is 24.7 Å². The molecule has 2 aliphatic heterocycles. The highest BCUT2D eigenvalue weighted by molar-refractivity contribution is 5.77. The van der Waals surface area contributed by atoms with Gasteiger partial charge in [-0.15, -0.1) is 0 Å². The summed E-state index contributed by atoms with van der Waals surface area (Å²) < 4.78 is 31.4. The summed E-state index contributed by atoms with van der Waals surface area (Å²) in [5.41, 5.74) is 3.49. The molecule has 0 aliphatic carbocycles. The third-order valence-corrected chi connectivity index (χ3v) is 3.28. The Bertz CT molecular complexity index is 402. The van der Waals surface area contributed by atoms with E-state index in [4.69, 9.17) is 15.6 Å². The molecule has 2 rings (SSSR count). The van der Waals surface area contributed by atoms with Crippen molar-refractivity contribution in [3.05, 3.63) is 12.0 Å². The number of amides is 2. The standard InChI is InChI=1S/C10H15F2N3O4/c11-3-10(4-16)6(17)1-7(19-10)15-2-5(12)8(13)14-9(15)18/h2,6-8,16-17H,1,3-4,13H2,(H,14,18)/t6-,7+,8?,10+/m0/s1. The summed E-state index contributed by atoms with van der Waals surface area (Å²) in [5.74, 6) is -0.792. The number of nitrogens with one attached hydrogen (secondary N) is 1. The van der Waals surface area contributed by atoms with Crippen LogP contribution in [0.4, 0.5) is 13.6 Å². The van der Waals surface area contributed by atoms with E-state index in [1.807, 2.05) is 0 Å². The number of nitrogens with two attached hydrogens (primary N) is 1. The maximum absolute atomic E-state index is 13.3. The Morgan fingerprint density at radius 1 is 1.68 bits per heavy atom. The molecule has 2 heterocycles. The van der Waals surface area contributed by atoms with Crippen LogP contribution in [-0.2, 0) is 4.74 Å². The van der Waals surface area contributed by atoms with Crippen LogP contribution in [0.3, 0.4) is 0 Å². The number of nitrogens with zero attached hydrogens (tertiary/aromatic N) is 1. The number of ether oxygens (including phenoxy) is 1. The second-order valence-corrected chi connectivity index (χ2v) is 4.53. The maximum Gasteiger partial charge on any atom is 0.325 e.